The van der Waals surface area contributed by atoms with Crippen LogP contribution in [0.25, 0.3) is 0 Å². The van der Waals surface area contributed by atoms with Gasteiger partial charge in [-0.05, 0) is 133 Å². The lowest BCUT2D eigenvalue weighted by atomic mass is 10.0. The van der Waals surface area contributed by atoms with Crippen LogP contribution in [0.4, 0.5) is 0 Å². The Hall–Kier alpha value is -9.40. The van der Waals surface area contributed by atoms with Crippen molar-refractivity contribution in [2.45, 2.75) is 207 Å². The molecule has 50 nitrogen and oxygen atoms in total. The summed E-state index contributed by atoms with van der Waals surface area (Å²) in [7, 11) is 3.89. The molecule has 0 aromatic rings. The molecule has 0 saturated heterocycles. The number of imide groups is 2. The number of likely N-dealkylation sites (N-methyl/N-ethyl adjacent to an activating group) is 2. The summed E-state index contributed by atoms with van der Waals surface area (Å²) < 4.78 is 10.9. The van der Waals surface area contributed by atoms with E-state index in [1.165, 1.54) is 13.8 Å². The summed E-state index contributed by atoms with van der Waals surface area (Å²) in [5.41, 5.74) is -1.74. The van der Waals surface area contributed by atoms with Crippen molar-refractivity contribution in [2.24, 2.45) is 11.8 Å². The van der Waals surface area contributed by atoms with E-state index in [1.807, 2.05) is 14.1 Å². The predicted molar refractivity (Wildman–Crippen MR) is 572 cm³/mol. The molecule has 0 aliphatic carbocycles. The summed E-state index contributed by atoms with van der Waals surface area (Å²) >= 11 is 0. The molecule has 0 saturated carbocycles. The molecule has 0 radical (unpaired) electrons. The summed E-state index contributed by atoms with van der Waals surface area (Å²) in [6, 6.07) is -11.7. The van der Waals surface area contributed by atoms with Crippen molar-refractivity contribution >= 4 is 94.6 Å². The highest BCUT2D eigenvalue weighted by molar-refractivity contribution is 6.19. The highest BCUT2D eigenvalue weighted by atomic mass is 16.6. The summed E-state index contributed by atoms with van der Waals surface area (Å²) in [5, 5.41) is 93.8. The topological polar surface area (TPSA) is 659 Å². The van der Waals surface area contributed by atoms with Gasteiger partial charge in [0.05, 0.1) is 13.1 Å². The van der Waals surface area contributed by atoms with E-state index < -0.39 is 167 Å². The third kappa shape index (κ3) is 67.7. The second kappa shape index (κ2) is 84.2. The maximum atomic E-state index is 14.7. The molecule has 148 heavy (non-hydrogen) atoms. The van der Waals surface area contributed by atoms with Gasteiger partial charge in [-0.15, -0.1) is 0 Å². The molecule has 0 bridgehead atoms. The molecule has 0 aromatic heterocycles. The largest absolute Gasteiger partial charge is 0.458 e. The van der Waals surface area contributed by atoms with Crippen molar-refractivity contribution in [3.05, 3.63) is 24.3 Å². The molecule has 8 atom stereocenters. The number of hydrogen-bond acceptors (Lipinski definition) is 38. The van der Waals surface area contributed by atoms with Crippen LogP contribution in [0.15, 0.2) is 24.3 Å². The fraction of sp³-hybridized carbons (Fsp3) is 0.796. The van der Waals surface area contributed by atoms with Crippen molar-refractivity contribution in [2.75, 3.05) is 289 Å². The van der Waals surface area contributed by atoms with E-state index in [1.54, 1.807) is 69.2 Å². The number of ether oxygens (including phenoxy) is 2. The van der Waals surface area contributed by atoms with E-state index in [4.69, 9.17) is 9.47 Å². The van der Waals surface area contributed by atoms with Crippen LogP contribution in [0.3, 0.4) is 0 Å². The van der Waals surface area contributed by atoms with Gasteiger partial charge in [0.15, 0.2) is 0 Å². The summed E-state index contributed by atoms with van der Waals surface area (Å²) in [6.45, 7) is 50.0. The van der Waals surface area contributed by atoms with Gasteiger partial charge in [0.1, 0.15) is 59.5 Å². The Balaban J connectivity index is 2.05. The number of esters is 2. The van der Waals surface area contributed by atoms with Crippen LogP contribution in [0, 0.1) is 11.8 Å². The number of nitrogens with one attached hydrogen (secondary N) is 30. The first-order chi connectivity index (χ1) is 70.9. The summed E-state index contributed by atoms with van der Waals surface area (Å²) in [4.78, 5) is 220. The lowest BCUT2D eigenvalue weighted by molar-refractivity contribution is -0.159. The average molecular weight is 2100 g/mol. The van der Waals surface area contributed by atoms with Crippen LogP contribution >= 0.6 is 0 Å². The molecule has 0 spiro atoms. The average Bonchev–Trinajstić information content (AvgIpc) is 1.61. The van der Waals surface area contributed by atoms with E-state index in [0.29, 0.717) is 48.8 Å². The summed E-state index contributed by atoms with van der Waals surface area (Å²) in [6.07, 6.45) is 3.43. The number of amides is 14. The number of unbranched alkanes of at least 4 members (excludes halogenated alkanes) is 2. The van der Waals surface area contributed by atoms with Gasteiger partial charge < -0.3 is 169 Å². The van der Waals surface area contributed by atoms with Crippen molar-refractivity contribution in [1.29, 1.82) is 0 Å². The Labute approximate surface area is 878 Å². The first kappa shape index (κ1) is 135. The van der Waals surface area contributed by atoms with Crippen molar-refractivity contribution < 1.29 is 86.2 Å². The Bertz CT molecular complexity index is 3570. The van der Waals surface area contributed by atoms with Crippen LogP contribution < -0.4 is 160 Å². The van der Waals surface area contributed by atoms with Gasteiger partial charge in [-0.2, -0.15) is 0 Å². The minimum atomic E-state index is -2.23. The van der Waals surface area contributed by atoms with Gasteiger partial charge in [-0.25, -0.2) is 9.59 Å². The minimum absolute atomic E-state index is 0.0102. The molecule has 850 valence electrons. The highest BCUT2D eigenvalue weighted by Crippen LogP contribution is 2.22. The van der Waals surface area contributed by atoms with Gasteiger partial charge >= 0.3 is 11.9 Å². The zero-order valence-corrected chi connectivity index (χ0v) is 91.1. The lowest BCUT2D eigenvalue weighted by Gasteiger charge is -2.35. The molecule has 0 aromatic carbocycles. The molecular formula is C98H190N32O18. The fourth-order valence-corrected chi connectivity index (χ4v) is 14.6. The maximum absolute atomic E-state index is 14.7. The van der Waals surface area contributed by atoms with Crippen LogP contribution in [0.1, 0.15) is 147 Å². The Morgan fingerprint density at radius 1 is 0.257 bits per heavy atom. The highest BCUT2D eigenvalue weighted by Gasteiger charge is 2.50. The van der Waals surface area contributed by atoms with E-state index >= 15 is 0 Å². The van der Waals surface area contributed by atoms with Gasteiger partial charge in [-0.3, -0.25) is 76.9 Å². The zero-order valence-electron chi connectivity index (χ0n) is 91.1. The maximum Gasteiger partial charge on any atom is 0.328 e. The number of carbonyl (C=O) groups is 16. The van der Waals surface area contributed by atoms with E-state index in [-0.39, 0.29) is 89.4 Å². The number of carbonyl (C=O) groups excluding carboxylic acids is 16. The summed E-state index contributed by atoms with van der Waals surface area (Å²) in [5.74, 6) is -14.2. The van der Waals surface area contributed by atoms with Gasteiger partial charge in [0.2, 0.25) is 59.1 Å². The molecule has 50 heteroatoms. The Kier molecular flexibility index (Phi) is 76.6. The first-order valence-corrected chi connectivity index (χ1v) is 53.4. The Morgan fingerprint density at radius 2 is 0.480 bits per heavy atom. The second-order valence-electron chi connectivity index (χ2n) is 38.9. The molecule has 14 amide bonds. The van der Waals surface area contributed by atoms with Gasteiger partial charge in [0, 0.05) is 299 Å². The number of nitrogens with zero attached hydrogens (tertiary/aromatic N) is 2. The molecule has 2 rings (SSSR count). The molecule has 0 fully saturated rings. The molecule has 2 aliphatic rings. The standard InChI is InChI=1S/C98H190N32O18/c1-71(2)85(91(141)123-73(5)95(145)147-97(7,8)9)127-89(139)75(21-15-17-29-119-79(133)69-117-67-65-115-63-61-113-59-57-111-55-53-109-51-49-107-47-45-105-43-41-103-39-37-101-35-33-99-13)125-77(131)23-19-31-121-93(143)87(129-81(135)25-26-82(129)136)88(130-83(137)27-28-84(130)138)94(144)122-32-20-24-78(132)126-76(90(140)128-86(72(3)4)92(142)124-74(6)96(146)148-98(10,11)12)22-16-18-30-120-80(134)70-118-68-66-116-64-62-114-60-58-112-56-54-110-52-50-108-48-46-106-44-42-104-40-38-102-36-34-100-14/h25-28,71-76,85-88,99-118H,15-24,29-70H2,1-14H3,(H,119,133)(H,120,134)(H,121,143)(H,122,144)(H,123,141)(H,124,142)(H,125,131)(H,126,132)(H,127,139)(H,128,140)/t73-,74-,75-,76-,85-,86-,87-,88-/m0/s1. The predicted octanol–water partition coefficient (Wildman–Crippen LogP) is -10.1. The second-order valence-corrected chi connectivity index (χ2v) is 38.9. The lowest BCUT2D eigenvalue weighted by Crippen LogP contribution is -2.66. The monoisotopic (exact) mass is 2100 g/mol. The fourth-order valence-electron chi connectivity index (χ4n) is 14.6. The Morgan fingerprint density at radius 3 is 0.703 bits per heavy atom. The van der Waals surface area contributed by atoms with Gasteiger partial charge in [-0.1, -0.05) is 27.7 Å². The third-order valence-corrected chi connectivity index (χ3v) is 22.7. The quantitative estimate of drug-likeness (QED) is 0.0153. The van der Waals surface area contributed by atoms with Crippen LogP contribution in [-0.4, -0.2) is 453 Å². The van der Waals surface area contributed by atoms with Crippen LogP contribution in [-0.2, 0) is 86.2 Å². The van der Waals surface area contributed by atoms with E-state index in [0.717, 1.165) is 234 Å². The molecule has 30 N–H and O–H groups in total. The molecule has 2 aliphatic heterocycles. The number of hydrogen-bond donors (Lipinski definition) is 30. The van der Waals surface area contributed by atoms with Gasteiger partial charge in [0.25, 0.3) is 23.6 Å². The normalized spacial score (nSPS) is 14.3. The SMILES string of the molecule is CNCCNCCNCCNCCNCCNCCNCCNCCNCCNCC(=O)NCCCC[C@H](NC(=O)CCCNC(=O)[C@H]([C@@H](C(=O)NCCCC(=O)N[C@@H](CCCCNC(=O)CNCCNCCNCCNCCNCCNCCNCCNCCNCCNC)C(=O)N[C@H](C(=O)N[C@@H](C)C(=O)OC(C)(C)C)C(C)C)N1C(=O)C=CC1=O)N1C(=O)C=CC1=O)C(=O)N[C@H](C(=O)N[C@@H](C)C(=O)OC(C)(C)C)C(C)C. The first-order valence-electron chi connectivity index (χ1n) is 53.4. The van der Waals surface area contributed by atoms with Crippen molar-refractivity contribution in [1.82, 2.24) is 169 Å². The smallest absolute Gasteiger partial charge is 0.328 e. The third-order valence-electron chi connectivity index (χ3n) is 22.7. The van der Waals surface area contributed by atoms with E-state index in [9.17, 15) is 76.7 Å². The minimum Gasteiger partial charge on any atom is -0.458 e. The number of rotatable bonds is 95. The molecule has 0 unspecified atom stereocenters. The van der Waals surface area contributed by atoms with Crippen LogP contribution in [0.5, 0.6) is 0 Å². The van der Waals surface area contributed by atoms with Crippen molar-refractivity contribution in [3.63, 3.8) is 0 Å². The van der Waals surface area contributed by atoms with Crippen molar-refractivity contribution in [3.8, 4) is 0 Å². The van der Waals surface area contributed by atoms with E-state index in [2.05, 4.69) is 160 Å². The van der Waals surface area contributed by atoms with Crippen LogP contribution in [0.2, 0.25) is 0 Å². The molecule has 2 heterocycles. The zero-order chi connectivity index (χ0) is 109. The molecular weight excluding hydrogens is 1910 g/mol.